The summed E-state index contributed by atoms with van der Waals surface area (Å²) in [6, 6.07) is 5.19. The Bertz CT molecular complexity index is 437. The van der Waals surface area contributed by atoms with Gasteiger partial charge in [-0.15, -0.1) is 0 Å². The first-order chi connectivity index (χ1) is 8.15. The molecule has 0 radical (unpaired) electrons. The van der Waals surface area contributed by atoms with Crippen LogP contribution in [0.15, 0.2) is 23.2 Å². The highest BCUT2D eigenvalue weighted by molar-refractivity contribution is 8.13. The molecule has 2 nitrogen and oxygen atoms in total. The van der Waals surface area contributed by atoms with Gasteiger partial charge >= 0.3 is 0 Å². The molecule has 2 rings (SSSR count). The number of amidine groups is 1. The highest BCUT2D eigenvalue weighted by Crippen LogP contribution is 2.18. The number of hydrogen-bond acceptors (Lipinski definition) is 2. The van der Waals surface area contributed by atoms with E-state index < -0.39 is 0 Å². The summed E-state index contributed by atoms with van der Waals surface area (Å²) in [6.45, 7) is 2.67. The van der Waals surface area contributed by atoms with Gasteiger partial charge in [0.1, 0.15) is 5.82 Å². The van der Waals surface area contributed by atoms with Crippen LogP contribution >= 0.6 is 23.4 Å². The Kier molecular flexibility index (Phi) is 4.29. The molecule has 1 fully saturated rings. The Labute approximate surface area is 110 Å². The fraction of sp³-hybridized carbons (Fsp3) is 0.417. The molecule has 1 saturated heterocycles. The zero-order valence-corrected chi connectivity index (χ0v) is 11.1. The Balaban J connectivity index is 2.01. The van der Waals surface area contributed by atoms with Crippen molar-refractivity contribution in [2.24, 2.45) is 4.99 Å². The van der Waals surface area contributed by atoms with E-state index in [0.29, 0.717) is 12.6 Å². The van der Waals surface area contributed by atoms with Crippen molar-refractivity contribution >= 4 is 28.5 Å². The minimum absolute atomic E-state index is 0.153. The molecule has 0 bridgehead atoms. The molecule has 1 aliphatic heterocycles. The molecule has 0 aliphatic carbocycles. The number of nitrogens with zero attached hydrogens (tertiary/aromatic N) is 1. The van der Waals surface area contributed by atoms with Gasteiger partial charge in [0.2, 0.25) is 0 Å². The van der Waals surface area contributed by atoms with Crippen molar-refractivity contribution in [2.45, 2.75) is 25.9 Å². The van der Waals surface area contributed by atoms with Crippen molar-refractivity contribution in [3.05, 3.63) is 34.6 Å². The molecule has 0 aromatic heterocycles. The molecule has 1 heterocycles. The summed E-state index contributed by atoms with van der Waals surface area (Å²) in [7, 11) is 0. The number of benzene rings is 1. The van der Waals surface area contributed by atoms with Crippen molar-refractivity contribution < 1.29 is 4.39 Å². The molecule has 17 heavy (non-hydrogen) atoms. The van der Waals surface area contributed by atoms with E-state index in [4.69, 9.17) is 11.6 Å². The second-order valence-corrected chi connectivity index (χ2v) is 5.54. The molecular formula is C12H14ClFN2S. The third kappa shape index (κ3) is 3.61. The van der Waals surface area contributed by atoms with Crippen LogP contribution in [0.1, 0.15) is 18.9 Å². The fourth-order valence-electron chi connectivity index (χ4n) is 1.55. The fourth-order valence-corrected chi connectivity index (χ4v) is 2.86. The van der Waals surface area contributed by atoms with E-state index in [-0.39, 0.29) is 10.8 Å². The standard InChI is InChI=1S/C12H14ClFN2S/c1-8-4-5-17-12(16-8)15-7-9-2-3-11(14)10(13)6-9/h2-3,6,8H,4-5,7H2,1H3,(H,15,16). The van der Waals surface area contributed by atoms with Crippen molar-refractivity contribution in [3.63, 3.8) is 0 Å². The molecule has 1 atom stereocenters. The molecule has 0 amide bonds. The number of hydrogen-bond donors (Lipinski definition) is 1. The minimum Gasteiger partial charge on any atom is -0.362 e. The van der Waals surface area contributed by atoms with Gasteiger partial charge in [0, 0.05) is 11.8 Å². The smallest absolute Gasteiger partial charge is 0.157 e. The van der Waals surface area contributed by atoms with Gasteiger partial charge in [0.25, 0.3) is 0 Å². The highest BCUT2D eigenvalue weighted by Gasteiger charge is 2.12. The van der Waals surface area contributed by atoms with Crippen LogP contribution in [0.25, 0.3) is 0 Å². The van der Waals surface area contributed by atoms with Gasteiger partial charge in [-0.05, 0) is 31.0 Å². The van der Waals surface area contributed by atoms with E-state index in [1.54, 1.807) is 23.9 Å². The van der Waals surface area contributed by atoms with E-state index in [9.17, 15) is 4.39 Å². The molecule has 0 spiro atoms. The van der Waals surface area contributed by atoms with Gasteiger partial charge in [-0.2, -0.15) is 0 Å². The summed E-state index contributed by atoms with van der Waals surface area (Å²) in [6.07, 6.45) is 1.16. The second kappa shape index (κ2) is 5.74. The predicted octanol–water partition coefficient (Wildman–Crippen LogP) is 3.45. The Hall–Kier alpha value is -0.740. The summed E-state index contributed by atoms with van der Waals surface area (Å²) < 4.78 is 13.0. The van der Waals surface area contributed by atoms with Crippen molar-refractivity contribution in [1.82, 2.24) is 5.32 Å². The summed E-state index contributed by atoms with van der Waals surface area (Å²) in [4.78, 5) is 4.46. The average Bonchev–Trinajstić information content (AvgIpc) is 2.31. The monoisotopic (exact) mass is 272 g/mol. The first-order valence-electron chi connectivity index (χ1n) is 5.53. The average molecular weight is 273 g/mol. The Morgan fingerprint density at radius 1 is 1.59 bits per heavy atom. The van der Waals surface area contributed by atoms with Gasteiger partial charge in [0.05, 0.1) is 11.6 Å². The second-order valence-electron chi connectivity index (χ2n) is 4.05. The van der Waals surface area contributed by atoms with Crippen LogP contribution in [0.3, 0.4) is 0 Å². The van der Waals surface area contributed by atoms with Crippen LogP contribution in [0.2, 0.25) is 5.02 Å². The topological polar surface area (TPSA) is 24.4 Å². The molecule has 0 saturated carbocycles. The maximum atomic E-state index is 13.0. The first-order valence-corrected chi connectivity index (χ1v) is 6.89. The van der Waals surface area contributed by atoms with Gasteiger partial charge in [0.15, 0.2) is 5.17 Å². The maximum absolute atomic E-state index is 13.0. The molecular weight excluding hydrogens is 259 g/mol. The molecule has 1 unspecified atom stereocenters. The van der Waals surface area contributed by atoms with Gasteiger partial charge in [-0.3, -0.25) is 4.99 Å². The number of thioether (sulfide) groups is 1. The van der Waals surface area contributed by atoms with E-state index in [0.717, 1.165) is 22.9 Å². The lowest BCUT2D eigenvalue weighted by molar-refractivity contribution is 0.627. The third-order valence-electron chi connectivity index (χ3n) is 2.55. The van der Waals surface area contributed by atoms with Crippen LogP contribution in [0.4, 0.5) is 4.39 Å². The number of nitrogens with one attached hydrogen (secondary N) is 1. The van der Waals surface area contributed by atoms with Gasteiger partial charge < -0.3 is 5.32 Å². The van der Waals surface area contributed by atoms with Crippen LogP contribution in [0.5, 0.6) is 0 Å². The Morgan fingerprint density at radius 2 is 2.41 bits per heavy atom. The zero-order valence-electron chi connectivity index (χ0n) is 9.54. The largest absolute Gasteiger partial charge is 0.362 e. The lowest BCUT2D eigenvalue weighted by atomic mass is 10.2. The summed E-state index contributed by atoms with van der Waals surface area (Å²) >= 11 is 7.44. The van der Waals surface area contributed by atoms with Gasteiger partial charge in [-0.25, -0.2) is 4.39 Å². The van der Waals surface area contributed by atoms with Gasteiger partial charge in [-0.1, -0.05) is 29.4 Å². The molecule has 1 N–H and O–H groups in total. The summed E-state index contributed by atoms with van der Waals surface area (Å²) in [5.74, 6) is 0.707. The zero-order chi connectivity index (χ0) is 12.3. The molecule has 92 valence electrons. The molecule has 5 heteroatoms. The lowest BCUT2D eigenvalue weighted by Crippen LogP contribution is -2.35. The molecule has 1 aromatic carbocycles. The predicted molar refractivity (Wildman–Crippen MR) is 72.2 cm³/mol. The van der Waals surface area contributed by atoms with Crippen LogP contribution in [-0.4, -0.2) is 17.0 Å². The lowest BCUT2D eigenvalue weighted by Gasteiger charge is -2.21. The molecule has 1 aromatic rings. The highest BCUT2D eigenvalue weighted by atomic mass is 35.5. The normalized spacial score (nSPS) is 22.5. The van der Waals surface area contributed by atoms with Crippen molar-refractivity contribution in [3.8, 4) is 0 Å². The number of halogens is 2. The Morgan fingerprint density at radius 3 is 3.12 bits per heavy atom. The summed E-state index contributed by atoms with van der Waals surface area (Å²) in [5, 5.41) is 4.43. The minimum atomic E-state index is -0.387. The van der Waals surface area contributed by atoms with E-state index in [1.165, 1.54) is 6.07 Å². The first kappa shape index (κ1) is 12.7. The van der Waals surface area contributed by atoms with Crippen molar-refractivity contribution in [1.29, 1.82) is 0 Å². The maximum Gasteiger partial charge on any atom is 0.157 e. The van der Waals surface area contributed by atoms with Crippen molar-refractivity contribution in [2.75, 3.05) is 5.75 Å². The van der Waals surface area contributed by atoms with Crippen LogP contribution < -0.4 is 5.32 Å². The third-order valence-corrected chi connectivity index (χ3v) is 3.80. The SMILES string of the molecule is CC1CCSC(=NCc2ccc(F)c(Cl)c2)N1. The number of rotatable bonds is 2. The van der Waals surface area contributed by atoms with E-state index in [1.807, 2.05) is 0 Å². The van der Waals surface area contributed by atoms with E-state index >= 15 is 0 Å². The van der Waals surface area contributed by atoms with Crippen LogP contribution in [-0.2, 0) is 6.54 Å². The quantitative estimate of drug-likeness (QED) is 0.892. The van der Waals surface area contributed by atoms with E-state index in [2.05, 4.69) is 17.2 Å². The molecule has 1 aliphatic rings. The van der Waals surface area contributed by atoms with Crippen LogP contribution in [0, 0.1) is 5.82 Å². The summed E-state index contributed by atoms with van der Waals surface area (Å²) in [5.41, 5.74) is 0.921. The number of aliphatic imine (C=N–C) groups is 1.